The van der Waals surface area contributed by atoms with Crippen LogP contribution in [0.4, 0.5) is 5.95 Å². The molecule has 22 heavy (non-hydrogen) atoms. The van der Waals surface area contributed by atoms with Gasteiger partial charge >= 0.3 is 0 Å². The topological polar surface area (TPSA) is 88.5 Å². The third-order valence-electron chi connectivity index (χ3n) is 3.43. The van der Waals surface area contributed by atoms with Crippen molar-refractivity contribution in [3.8, 4) is 0 Å². The Morgan fingerprint density at radius 3 is 2.73 bits per heavy atom. The third kappa shape index (κ3) is 2.73. The molecule has 0 radical (unpaired) electrons. The fraction of sp³-hybridized carbons (Fsp3) is 0.200. The number of aromatic amines is 1. The zero-order chi connectivity index (χ0) is 15.5. The van der Waals surface area contributed by atoms with Crippen LogP contribution in [0.5, 0.6) is 0 Å². The highest BCUT2D eigenvalue weighted by Crippen LogP contribution is 2.16. The zero-order valence-electron chi connectivity index (χ0n) is 12.4. The molecule has 0 fully saturated rings. The molecule has 0 spiro atoms. The standard InChI is InChI=1S/C15H16N6O/c1-10-13(14(22)18-15-16-9-17-19-15)11(2)21(20-10)8-12-6-4-3-5-7-12/h3-7,9H,8H2,1-2H3,(H2,16,17,18,19,22). The maximum atomic E-state index is 12.4. The van der Waals surface area contributed by atoms with Crippen LogP contribution in [0.25, 0.3) is 0 Å². The number of anilines is 1. The second-order valence-corrected chi connectivity index (χ2v) is 4.98. The summed E-state index contributed by atoms with van der Waals surface area (Å²) in [5, 5.41) is 13.4. The molecule has 0 atom stereocenters. The number of nitrogens with zero attached hydrogens (tertiary/aromatic N) is 4. The smallest absolute Gasteiger partial charge is 0.261 e. The Morgan fingerprint density at radius 1 is 1.27 bits per heavy atom. The fourth-order valence-corrected chi connectivity index (χ4v) is 2.37. The first-order valence-electron chi connectivity index (χ1n) is 6.90. The van der Waals surface area contributed by atoms with Crippen molar-refractivity contribution in [2.45, 2.75) is 20.4 Å². The molecule has 0 aliphatic heterocycles. The summed E-state index contributed by atoms with van der Waals surface area (Å²) in [6.45, 7) is 4.34. The number of benzene rings is 1. The Kier molecular flexibility index (Phi) is 3.69. The first kappa shape index (κ1) is 14.0. The number of hydrogen-bond acceptors (Lipinski definition) is 4. The molecule has 7 nitrogen and oxygen atoms in total. The van der Waals surface area contributed by atoms with Crippen molar-refractivity contribution in [3.63, 3.8) is 0 Å². The molecular formula is C15H16N6O. The van der Waals surface area contributed by atoms with Crippen LogP contribution in [0.1, 0.15) is 27.3 Å². The first-order chi connectivity index (χ1) is 10.6. The molecule has 0 aliphatic carbocycles. The highest BCUT2D eigenvalue weighted by molar-refractivity contribution is 6.04. The van der Waals surface area contributed by atoms with Crippen LogP contribution in [0, 0.1) is 13.8 Å². The fourth-order valence-electron chi connectivity index (χ4n) is 2.37. The van der Waals surface area contributed by atoms with Gasteiger partial charge in [0.05, 0.1) is 17.8 Å². The number of carbonyl (C=O) groups is 1. The Morgan fingerprint density at radius 2 is 2.05 bits per heavy atom. The van der Waals surface area contributed by atoms with E-state index in [2.05, 4.69) is 25.6 Å². The van der Waals surface area contributed by atoms with Crippen molar-refractivity contribution >= 4 is 11.9 Å². The Bertz CT molecular complexity index is 776. The SMILES string of the molecule is Cc1nn(Cc2ccccc2)c(C)c1C(=O)Nc1ncn[nH]1. The van der Waals surface area contributed by atoms with Crippen LogP contribution < -0.4 is 5.32 Å². The van der Waals surface area contributed by atoms with Crippen molar-refractivity contribution < 1.29 is 4.79 Å². The molecule has 3 aromatic rings. The summed E-state index contributed by atoms with van der Waals surface area (Å²) in [5.74, 6) is 0.0747. The molecule has 112 valence electrons. The van der Waals surface area contributed by atoms with Gasteiger partial charge in [0.25, 0.3) is 5.91 Å². The molecule has 0 unspecified atom stereocenters. The van der Waals surface area contributed by atoms with Gasteiger partial charge in [-0.15, -0.1) is 0 Å². The molecule has 0 saturated heterocycles. The van der Waals surface area contributed by atoms with Crippen molar-refractivity contribution in [2.24, 2.45) is 0 Å². The maximum absolute atomic E-state index is 12.4. The molecule has 0 aliphatic rings. The van der Waals surface area contributed by atoms with Crippen molar-refractivity contribution in [1.82, 2.24) is 25.0 Å². The van der Waals surface area contributed by atoms with Gasteiger partial charge in [-0.2, -0.15) is 15.2 Å². The molecule has 1 aromatic carbocycles. The van der Waals surface area contributed by atoms with E-state index in [1.54, 1.807) is 0 Å². The van der Waals surface area contributed by atoms with Gasteiger partial charge in [0.15, 0.2) is 0 Å². The van der Waals surface area contributed by atoms with E-state index in [4.69, 9.17) is 0 Å². The number of rotatable bonds is 4. The number of aryl methyl sites for hydroxylation is 1. The second kappa shape index (κ2) is 5.80. The van der Waals surface area contributed by atoms with E-state index in [0.717, 1.165) is 11.3 Å². The summed E-state index contributed by atoms with van der Waals surface area (Å²) in [6.07, 6.45) is 1.34. The van der Waals surface area contributed by atoms with Gasteiger partial charge in [-0.25, -0.2) is 5.10 Å². The Balaban J connectivity index is 1.85. The van der Waals surface area contributed by atoms with Crippen LogP contribution in [-0.4, -0.2) is 30.9 Å². The highest BCUT2D eigenvalue weighted by atomic mass is 16.1. The minimum atomic E-state index is -0.244. The molecule has 0 bridgehead atoms. The highest BCUT2D eigenvalue weighted by Gasteiger charge is 2.19. The van der Waals surface area contributed by atoms with Crippen LogP contribution in [-0.2, 0) is 6.54 Å². The minimum absolute atomic E-state index is 0.244. The summed E-state index contributed by atoms with van der Waals surface area (Å²) >= 11 is 0. The van der Waals surface area contributed by atoms with Gasteiger partial charge in [0, 0.05) is 5.69 Å². The second-order valence-electron chi connectivity index (χ2n) is 4.98. The van der Waals surface area contributed by atoms with Gasteiger partial charge in [-0.3, -0.25) is 14.8 Å². The number of amides is 1. The van der Waals surface area contributed by atoms with Crippen LogP contribution >= 0.6 is 0 Å². The number of H-pyrrole nitrogens is 1. The van der Waals surface area contributed by atoms with E-state index < -0.39 is 0 Å². The van der Waals surface area contributed by atoms with Gasteiger partial charge in [0.2, 0.25) is 5.95 Å². The number of hydrogen-bond donors (Lipinski definition) is 2. The lowest BCUT2D eigenvalue weighted by molar-refractivity contribution is 0.102. The molecule has 0 saturated carbocycles. The lowest BCUT2D eigenvalue weighted by atomic mass is 10.2. The summed E-state index contributed by atoms with van der Waals surface area (Å²) in [5.41, 5.74) is 3.20. The first-order valence-corrected chi connectivity index (χ1v) is 6.90. The average molecular weight is 296 g/mol. The molecule has 1 amide bonds. The van der Waals surface area contributed by atoms with Gasteiger partial charge in [0.1, 0.15) is 6.33 Å². The van der Waals surface area contributed by atoms with Crippen LogP contribution in [0.15, 0.2) is 36.7 Å². The zero-order valence-corrected chi connectivity index (χ0v) is 12.4. The summed E-state index contributed by atoms with van der Waals surface area (Å²) in [7, 11) is 0. The lowest BCUT2D eigenvalue weighted by Crippen LogP contribution is -2.15. The molecule has 2 heterocycles. The van der Waals surface area contributed by atoms with Crippen molar-refractivity contribution in [1.29, 1.82) is 0 Å². The predicted octanol–water partition coefficient (Wildman–Crippen LogP) is 1.92. The largest absolute Gasteiger partial charge is 0.291 e. The van der Waals surface area contributed by atoms with Crippen LogP contribution in [0.3, 0.4) is 0 Å². The van der Waals surface area contributed by atoms with Crippen molar-refractivity contribution in [2.75, 3.05) is 5.32 Å². The van der Waals surface area contributed by atoms with E-state index in [1.807, 2.05) is 48.9 Å². The molecular weight excluding hydrogens is 280 g/mol. The summed E-state index contributed by atoms with van der Waals surface area (Å²) in [6, 6.07) is 10.0. The van der Waals surface area contributed by atoms with E-state index in [0.29, 0.717) is 23.8 Å². The van der Waals surface area contributed by atoms with E-state index in [9.17, 15) is 4.79 Å². The molecule has 7 heteroatoms. The maximum Gasteiger partial charge on any atom is 0.261 e. The normalized spacial score (nSPS) is 10.6. The minimum Gasteiger partial charge on any atom is -0.291 e. The summed E-state index contributed by atoms with van der Waals surface area (Å²) < 4.78 is 1.83. The molecule has 3 rings (SSSR count). The van der Waals surface area contributed by atoms with E-state index >= 15 is 0 Å². The molecule has 2 N–H and O–H groups in total. The van der Waals surface area contributed by atoms with Gasteiger partial charge < -0.3 is 0 Å². The Hall–Kier alpha value is -2.96. The van der Waals surface area contributed by atoms with Gasteiger partial charge in [-0.05, 0) is 19.4 Å². The van der Waals surface area contributed by atoms with Gasteiger partial charge in [-0.1, -0.05) is 30.3 Å². The average Bonchev–Trinajstić information content (AvgIpc) is 3.09. The number of nitrogens with one attached hydrogen (secondary N) is 2. The summed E-state index contributed by atoms with van der Waals surface area (Å²) in [4.78, 5) is 16.3. The number of carbonyl (C=O) groups excluding carboxylic acids is 1. The monoisotopic (exact) mass is 296 g/mol. The van der Waals surface area contributed by atoms with E-state index in [-0.39, 0.29) is 5.91 Å². The Labute approximate surface area is 127 Å². The number of aromatic nitrogens is 5. The van der Waals surface area contributed by atoms with Crippen molar-refractivity contribution in [3.05, 3.63) is 59.2 Å². The predicted molar refractivity (Wildman–Crippen MR) is 81.6 cm³/mol. The van der Waals surface area contributed by atoms with Crippen LogP contribution in [0.2, 0.25) is 0 Å². The molecule has 2 aromatic heterocycles. The third-order valence-corrected chi connectivity index (χ3v) is 3.43. The van der Waals surface area contributed by atoms with E-state index in [1.165, 1.54) is 6.33 Å². The quantitative estimate of drug-likeness (QED) is 0.770. The lowest BCUT2D eigenvalue weighted by Gasteiger charge is -2.05.